The maximum atomic E-state index is 13.8. The first kappa shape index (κ1) is 34.8. The highest BCUT2D eigenvalue weighted by Crippen LogP contribution is 2.47. The molecule has 2 spiro atoms. The number of rotatable bonds is 8. The minimum absolute atomic E-state index is 0.0566. The van der Waals surface area contributed by atoms with Crippen LogP contribution >= 0.6 is 0 Å². The number of halogens is 6. The van der Waals surface area contributed by atoms with Crippen LogP contribution in [0.15, 0.2) is 36.9 Å². The minimum Gasteiger partial charge on any atom is -0.481 e. The molecule has 0 radical (unpaired) electrons. The van der Waals surface area contributed by atoms with Gasteiger partial charge in [-0.3, -0.25) is 9.69 Å². The van der Waals surface area contributed by atoms with Gasteiger partial charge in [-0.25, -0.2) is 4.98 Å². The summed E-state index contributed by atoms with van der Waals surface area (Å²) in [7, 11) is 0. The molecule has 3 N–H and O–H groups in total. The molecule has 0 atom stereocenters. The molecule has 4 aliphatic heterocycles. The van der Waals surface area contributed by atoms with E-state index >= 15 is 0 Å². The van der Waals surface area contributed by atoms with E-state index in [-0.39, 0.29) is 52.9 Å². The van der Waals surface area contributed by atoms with Crippen molar-refractivity contribution in [2.24, 2.45) is 5.41 Å². The molecular weight excluding hydrogens is 678 g/mol. The molecule has 51 heavy (non-hydrogen) atoms. The van der Waals surface area contributed by atoms with Gasteiger partial charge in [-0.2, -0.15) is 31.3 Å². The molecule has 0 bridgehead atoms. The number of hydrogen-bond acceptors (Lipinski definition) is 9. The standard InChI is InChI=1S/C35H38F6N8O2/c1-3-26(50)47-15-32(16-47)8-11-46(12-9-32)30-23-6-5-22(27-21(2)4-7-25(43)24(27)14-42)29(51-20-35(39,40)41)28(23)44-31(45-30)48-17-33(18-48)10-13-49(33)19-34(36,37)38/h3-7,14,42H,1,8-13,15-20,43H2,2H3. The number of carbonyl (C=O) groups excluding carboxylic acids is 1. The Morgan fingerprint density at radius 2 is 1.69 bits per heavy atom. The summed E-state index contributed by atoms with van der Waals surface area (Å²) in [6.07, 6.45) is -4.63. The summed E-state index contributed by atoms with van der Waals surface area (Å²) in [6.45, 7) is 5.80. The third-order valence-electron chi connectivity index (χ3n) is 10.9. The molecule has 7 rings (SSSR count). The van der Waals surface area contributed by atoms with Crippen molar-refractivity contribution in [2.75, 3.05) is 74.5 Å². The van der Waals surface area contributed by atoms with Gasteiger partial charge in [-0.1, -0.05) is 12.6 Å². The van der Waals surface area contributed by atoms with E-state index in [2.05, 4.69) is 6.58 Å². The number of aryl methyl sites for hydroxylation is 1. The highest BCUT2D eigenvalue weighted by Gasteiger charge is 2.56. The van der Waals surface area contributed by atoms with Crippen LogP contribution in [0.5, 0.6) is 5.75 Å². The Labute approximate surface area is 290 Å². The second-order valence-electron chi connectivity index (χ2n) is 14.2. The Balaban J connectivity index is 1.32. The number of hydrogen-bond donors (Lipinski definition) is 2. The number of likely N-dealkylation sites (tertiary alicyclic amines) is 2. The Kier molecular flexibility index (Phi) is 8.38. The van der Waals surface area contributed by atoms with Crippen molar-refractivity contribution >= 4 is 40.5 Å². The van der Waals surface area contributed by atoms with Crippen LogP contribution in [0, 0.1) is 17.7 Å². The Morgan fingerprint density at radius 3 is 2.27 bits per heavy atom. The first-order valence-electron chi connectivity index (χ1n) is 16.7. The molecule has 4 saturated heterocycles. The number of nitrogen functional groups attached to an aromatic ring is 1. The average molecular weight is 717 g/mol. The van der Waals surface area contributed by atoms with Gasteiger partial charge >= 0.3 is 12.4 Å². The van der Waals surface area contributed by atoms with Crippen LogP contribution in [0.3, 0.4) is 0 Å². The van der Waals surface area contributed by atoms with Crippen LogP contribution < -0.4 is 20.3 Å². The van der Waals surface area contributed by atoms with Gasteiger partial charge in [-0.15, -0.1) is 0 Å². The molecule has 1 aromatic heterocycles. The SMILES string of the molecule is C=CC(=O)N1CC2(CCN(c3nc(N4CC5(CCN5CC(F)(F)F)C4)nc4c(OCC(F)(F)F)c(-c5c(C)ccc(N)c5C=N)ccc34)CC2)C1. The number of benzene rings is 2. The zero-order chi connectivity index (χ0) is 36.5. The largest absolute Gasteiger partial charge is 0.481 e. The van der Waals surface area contributed by atoms with Crippen molar-refractivity contribution < 1.29 is 35.9 Å². The van der Waals surface area contributed by atoms with Crippen LogP contribution in [0.1, 0.15) is 30.4 Å². The van der Waals surface area contributed by atoms with Gasteiger partial charge in [-0.05, 0) is 61.6 Å². The number of nitrogens with two attached hydrogens (primary N) is 1. The summed E-state index contributed by atoms with van der Waals surface area (Å²) in [5, 5.41) is 8.51. The van der Waals surface area contributed by atoms with Gasteiger partial charge in [0.25, 0.3) is 0 Å². The van der Waals surface area contributed by atoms with Crippen LogP contribution in [-0.2, 0) is 4.79 Å². The van der Waals surface area contributed by atoms with Crippen LogP contribution in [0.25, 0.3) is 22.0 Å². The Hall–Kier alpha value is -4.60. The molecule has 4 fully saturated rings. The van der Waals surface area contributed by atoms with E-state index in [1.165, 1.54) is 11.0 Å². The normalized spacial score (nSPS) is 19.9. The summed E-state index contributed by atoms with van der Waals surface area (Å²) < 4.78 is 86.8. The number of carbonyl (C=O) groups is 1. The molecule has 0 aliphatic carbocycles. The molecule has 3 aromatic rings. The number of piperidine rings is 1. The summed E-state index contributed by atoms with van der Waals surface area (Å²) in [4.78, 5) is 28.8. The monoisotopic (exact) mass is 716 g/mol. The zero-order valence-electron chi connectivity index (χ0n) is 28.0. The molecule has 10 nitrogen and oxygen atoms in total. The number of anilines is 3. The molecule has 1 amide bonds. The van der Waals surface area contributed by atoms with Crippen LogP contribution in [0.2, 0.25) is 0 Å². The number of nitrogens with zero attached hydrogens (tertiary/aromatic N) is 6. The number of fused-ring (bicyclic) bond motifs is 1. The number of nitrogens with one attached hydrogen (secondary N) is 1. The van der Waals surface area contributed by atoms with Gasteiger partial charge < -0.3 is 30.6 Å². The Bertz CT molecular complexity index is 1890. The molecule has 2 aromatic carbocycles. The predicted octanol–water partition coefficient (Wildman–Crippen LogP) is 5.57. The fourth-order valence-electron chi connectivity index (χ4n) is 8.05. The van der Waals surface area contributed by atoms with Crippen molar-refractivity contribution in [2.45, 2.75) is 44.1 Å². The van der Waals surface area contributed by atoms with Crippen molar-refractivity contribution in [3.8, 4) is 16.9 Å². The lowest BCUT2D eigenvalue weighted by Crippen LogP contribution is -2.78. The second-order valence-corrected chi connectivity index (χ2v) is 14.2. The number of alkyl halides is 6. The van der Waals surface area contributed by atoms with Gasteiger partial charge in [0.2, 0.25) is 11.9 Å². The number of aromatic nitrogens is 2. The van der Waals surface area contributed by atoms with Crippen LogP contribution in [0.4, 0.5) is 43.8 Å². The smallest absolute Gasteiger partial charge is 0.422 e. The van der Waals surface area contributed by atoms with E-state index in [0.717, 1.165) is 19.1 Å². The molecule has 0 unspecified atom stereocenters. The fraction of sp³-hybridized carbons (Fsp3) is 0.486. The first-order valence-corrected chi connectivity index (χ1v) is 16.7. The van der Waals surface area contributed by atoms with E-state index in [4.69, 9.17) is 25.8 Å². The topological polar surface area (TPSA) is 115 Å². The van der Waals surface area contributed by atoms with Gasteiger partial charge in [0.15, 0.2) is 12.4 Å². The van der Waals surface area contributed by atoms with Crippen molar-refractivity contribution in [3.63, 3.8) is 0 Å². The van der Waals surface area contributed by atoms with Gasteiger partial charge in [0.05, 0.1) is 12.1 Å². The third kappa shape index (κ3) is 6.31. The minimum atomic E-state index is -4.69. The molecule has 4 aliphatic rings. The van der Waals surface area contributed by atoms with Crippen molar-refractivity contribution in [1.82, 2.24) is 19.8 Å². The average Bonchev–Trinajstić information content (AvgIpc) is 3.03. The van der Waals surface area contributed by atoms with Crippen molar-refractivity contribution in [1.29, 1.82) is 5.41 Å². The maximum Gasteiger partial charge on any atom is 0.422 e. The molecule has 5 heterocycles. The van der Waals surface area contributed by atoms with Crippen molar-refractivity contribution in [3.05, 3.63) is 48.0 Å². The second kappa shape index (κ2) is 12.3. The van der Waals surface area contributed by atoms with E-state index in [1.54, 1.807) is 41.0 Å². The predicted molar refractivity (Wildman–Crippen MR) is 181 cm³/mol. The maximum absolute atomic E-state index is 13.8. The molecule has 16 heteroatoms. The van der Waals surface area contributed by atoms with Gasteiger partial charge in [0, 0.05) is 79.6 Å². The summed E-state index contributed by atoms with van der Waals surface area (Å²) in [5.41, 5.74) is 7.50. The lowest BCUT2D eigenvalue weighted by atomic mass is 9.72. The first-order chi connectivity index (χ1) is 24.0. The number of ether oxygens (including phenoxy) is 1. The fourth-order valence-corrected chi connectivity index (χ4v) is 8.05. The third-order valence-corrected chi connectivity index (χ3v) is 10.9. The van der Waals surface area contributed by atoms with Gasteiger partial charge in [0.1, 0.15) is 11.3 Å². The van der Waals surface area contributed by atoms with E-state index in [0.29, 0.717) is 67.0 Å². The van der Waals surface area contributed by atoms with E-state index < -0.39 is 31.0 Å². The highest BCUT2D eigenvalue weighted by molar-refractivity contribution is 6.03. The molecule has 272 valence electrons. The summed E-state index contributed by atoms with van der Waals surface area (Å²) in [6, 6.07) is 6.70. The molecular formula is C35H38F6N8O2. The van der Waals surface area contributed by atoms with E-state index in [9.17, 15) is 31.1 Å². The Morgan fingerprint density at radius 1 is 0.980 bits per heavy atom. The lowest BCUT2D eigenvalue weighted by Gasteiger charge is -2.62. The van der Waals surface area contributed by atoms with E-state index in [1.807, 2.05) is 4.90 Å². The highest BCUT2D eigenvalue weighted by atomic mass is 19.4. The summed E-state index contributed by atoms with van der Waals surface area (Å²) in [5.74, 6) is 0.380. The summed E-state index contributed by atoms with van der Waals surface area (Å²) >= 11 is 0. The quantitative estimate of drug-likeness (QED) is 0.135. The number of amides is 1. The van der Waals surface area contributed by atoms with Crippen LogP contribution in [-0.4, -0.2) is 109 Å². The lowest BCUT2D eigenvalue weighted by molar-refractivity contribution is -0.182. The molecule has 0 saturated carbocycles. The zero-order valence-corrected chi connectivity index (χ0v) is 28.0.